The highest BCUT2D eigenvalue weighted by Crippen LogP contribution is 2.45. The van der Waals surface area contributed by atoms with E-state index in [0.29, 0.717) is 38.5 Å². The third-order valence-electron chi connectivity index (χ3n) is 4.18. The number of carbonyl (C=O) groups is 2. The summed E-state index contributed by atoms with van der Waals surface area (Å²) in [6, 6.07) is 4.33. The molecule has 1 fully saturated rings. The van der Waals surface area contributed by atoms with Crippen LogP contribution in [0, 0.1) is 0 Å². The Bertz CT molecular complexity index is 822. The molecule has 0 aliphatic carbocycles. The molecular formula is C17H16Cl2N2O3S. The standard InChI is InChI=1S/C17H16Cl2N2O3S/c1-4-12-15(22)21-14(10-6-5-9(18)7-11(10)19)13(16(23)24-3)8(2)20-17(21)25-12/h5-7,12,14H,4H2,1-3H3/t12-,14-/m0/s1. The molecule has 0 bridgehead atoms. The highest BCUT2D eigenvalue weighted by atomic mass is 35.5. The normalized spacial score (nSPS) is 22.8. The van der Waals surface area contributed by atoms with Gasteiger partial charge >= 0.3 is 5.97 Å². The van der Waals surface area contributed by atoms with Crippen LogP contribution in [0.5, 0.6) is 0 Å². The maximum Gasteiger partial charge on any atom is 0.338 e. The smallest absolute Gasteiger partial charge is 0.338 e. The Morgan fingerprint density at radius 2 is 2.12 bits per heavy atom. The number of ether oxygens (including phenoxy) is 1. The molecule has 8 heteroatoms. The van der Waals surface area contributed by atoms with Crippen LogP contribution < -0.4 is 0 Å². The summed E-state index contributed by atoms with van der Waals surface area (Å²) in [7, 11) is 1.30. The minimum Gasteiger partial charge on any atom is -0.466 e. The predicted octanol–water partition coefficient (Wildman–Crippen LogP) is 4.21. The molecule has 0 saturated carbocycles. The van der Waals surface area contributed by atoms with Crippen molar-refractivity contribution in [3.8, 4) is 0 Å². The third-order valence-corrected chi connectivity index (χ3v) is 6.07. The van der Waals surface area contributed by atoms with Crippen LogP contribution in [0.15, 0.2) is 34.5 Å². The SMILES string of the molecule is CC[C@@H]1SC2=NC(C)=C(C(=O)OC)[C@H](c3ccc(Cl)cc3Cl)N2C1=O. The molecule has 1 saturated heterocycles. The summed E-state index contributed by atoms with van der Waals surface area (Å²) >= 11 is 13.8. The van der Waals surface area contributed by atoms with Crippen molar-refractivity contribution in [1.29, 1.82) is 0 Å². The number of nitrogens with zero attached hydrogens (tertiary/aromatic N) is 2. The number of carbonyl (C=O) groups excluding carboxylic acids is 2. The van der Waals surface area contributed by atoms with Gasteiger partial charge in [-0.05, 0) is 31.0 Å². The van der Waals surface area contributed by atoms with Gasteiger partial charge in [-0.3, -0.25) is 9.69 Å². The molecule has 0 N–H and O–H groups in total. The van der Waals surface area contributed by atoms with Crippen LogP contribution in [0.1, 0.15) is 31.9 Å². The van der Waals surface area contributed by atoms with Crippen molar-refractivity contribution >= 4 is 52.0 Å². The van der Waals surface area contributed by atoms with Crippen molar-refractivity contribution in [2.75, 3.05) is 7.11 Å². The average molecular weight is 399 g/mol. The van der Waals surface area contributed by atoms with Gasteiger partial charge in [0.25, 0.3) is 0 Å². The van der Waals surface area contributed by atoms with Crippen LogP contribution in [0.2, 0.25) is 10.0 Å². The number of aliphatic imine (C=N–C) groups is 1. The van der Waals surface area contributed by atoms with E-state index in [0.717, 1.165) is 0 Å². The first-order chi connectivity index (χ1) is 11.9. The number of halogens is 2. The van der Waals surface area contributed by atoms with E-state index >= 15 is 0 Å². The lowest BCUT2D eigenvalue weighted by Gasteiger charge is -2.33. The number of methoxy groups -OCH3 is 1. The zero-order valence-corrected chi connectivity index (χ0v) is 16.2. The number of esters is 1. The fourth-order valence-electron chi connectivity index (χ4n) is 2.98. The first-order valence-electron chi connectivity index (χ1n) is 7.71. The van der Waals surface area contributed by atoms with Gasteiger partial charge in [-0.25, -0.2) is 9.79 Å². The fourth-order valence-corrected chi connectivity index (χ4v) is 4.62. The van der Waals surface area contributed by atoms with Crippen LogP contribution in [-0.2, 0) is 14.3 Å². The van der Waals surface area contributed by atoms with Crippen LogP contribution in [0.4, 0.5) is 0 Å². The van der Waals surface area contributed by atoms with Crippen LogP contribution in [0.25, 0.3) is 0 Å². The zero-order chi connectivity index (χ0) is 18.3. The van der Waals surface area contributed by atoms with Gasteiger partial charge in [-0.1, -0.05) is 48.0 Å². The lowest BCUT2D eigenvalue weighted by molar-refractivity contribution is -0.137. The minimum atomic E-state index is -0.679. The summed E-state index contributed by atoms with van der Waals surface area (Å²) in [5, 5.41) is 1.22. The van der Waals surface area contributed by atoms with Gasteiger partial charge < -0.3 is 4.74 Å². The highest BCUT2D eigenvalue weighted by Gasteiger charge is 2.47. The number of hydrogen-bond donors (Lipinski definition) is 0. The largest absolute Gasteiger partial charge is 0.466 e. The summed E-state index contributed by atoms with van der Waals surface area (Å²) in [5.41, 5.74) is 1.44. The number of hydrogen-bond acceptors (Lipinski definition) is 5. The lowest BCUT2D eigenvalue weighted by Crippen LogP contribution is -2.40. The quantitative estimate of drug-likeness (QED) is 0.715. The van der Waals surface area contributed by atoms with Crippen LogP contribution >= 0.6 is 35.0 Å². The number of amides is 1. The minimum absolute atomic E-state index is 0.0869. The van der Waals surface area contributed by atoms with Crippen molar-refractivity contribution in [3.63, 3.8) is 0 Å². The van der Waals surface area contributed by atoms with E-state index in [2.05, 4.69) is 4.99 Å². The van der Waals surface area contributed by atoms with E-state index < -0.39 is 12.0 Å². The Balaban J connectivity index is 2.20. The van der Waals surface area contributed by atoms with E-state index in [-0.39, 0.29) is 11.2 Å². The number of fused-ring (bicyclic) bond motifs is 1. The van der Waals surface area contributed by atoms with Gasteiger partial charge in [-0.2, -0.15) is 0 Å². The molecule has 0 spiro atoms. The number of allylic oxidation sites excluding steroid dienone is 1. The second-order valence-corrected chi connectivity index (χ2v) is 7.69. The van der Waals surface area contributed by atoms with E-state index in [1.807, 2.05) is 6.92 Å². The second-order valence-electron chi connectivity index (χ2n) is 5.68. The Kier molecular flexibility index (Phi) is 5.14. The number of rotatable bonds is 3. The molecule has 25 heavy (non-hydrogen) atoms. The van der Waals surface area contributed by atoms with Gasteiger partial charge in [0.05, 0.1) is 29.7 Å². The number of benzene rings is 1. The molecular weight excluding hydrogens is 383 g/mol. The van der Waals surface area contributed by atoms with Crippen molar-refractivity contribution in [2.45, 2.75) is 31.6 Å². The van der Waals surface area contributed by atoms with Crippen molar-refractivity contribution in [1.82, 2.24) is 4.90 Å². The van der Waals surface area contributed by atoms with E-state index in [1.54, 1.807) is 30.0 Å². The fraction of sp³-hybridized carbons (Fsp3) is 0.353. The average Bonchev–Trinajstić information content (AvgIpc) is 2.89. The Hall–Kier alpha value is -1.50. The number of amidine groups is 1. The maximum absolute atomic E-state index is 12.9. The summed E-state index contributed by atoms with van der Waals surface area (Å²) in [5.74, 6) is -0.620. The molecule has 1 aromatic rings. The summed E-state index contributed by atoms with van der Waals surface area (Å²) in [6.07, 6.45) is 0.673. The molecule has 0 aromatic heterocycles. The second kappa shape index (κ2) is 7.02. The van der Waals surface area contributed by atoms with Crippen molar-refractivity contribution in [2.24, 2.45) is 4.99 Å². The zero-order valence-electron chi connectivity index (χ0n) is 13.9. The molecule has 2 atom stereocenters. The molecule has 2 heterocycles. The van der Waals surface area contributed by atoms with E-state index in [4.69, 9.17) is 27.9 Å². The predicted molar refractivity (Wildman–Crippen MR) is 99.9 cm³/mol. The van der Waals surface area contributed by atoms with Gasteiger partial charge in [0, 0.05) is 10.0 Å². The molecule has 2 aliphatic rings. The summed E-state index contributed by atoms with van der Waals surface area (Å²) in [6.45, 7) is 3.68. The van der Waals surface area contributed by atoms with Gasteiger partial charge in [0.15, 0.2) is 5.17 Å². The van der Waals surface area contributed by atoms with Gasteiger partial charge in [-0.15, -0.1) is 0 Å². The summed E-state index contributed by atoms with van der Waals surface area (Å²) in [4.78, 5) is 31.3. The maximum atomic E-state index is 12.9. The first-order valence-corrected chi connectivity index (χ1v) is 9.35. The lowest BCUT2D eigenvalue weighted by atomic mass is 9.94. The van der Waals surface area contributed by atoms with Crippen molar-refractivity contribution in [3.05, 3.63) is 45.1 Å². The van der Waals surface area contributed by atoms with Gasteiger partial charge in [0.1, 0.15) is 0 Å². The first kappa shape index (κ1) is 18.3. The van der Waals surface area contributed by atoms with Crippen LogP contribution in [-0.4, -0.2) is 34.3 Å². The Morgan fingerprint density at radius 1 is 1.40 bits per heavy atom. The molecule has 1 aromatic carbocycles. The van der Waals surface area contributed by atoms with Gasteiger partial charge in [0.2, 0.25) is 5.91 Å². The van der Waals surface area contributed by atoms with Crippen LogP contribution in [0.3, 0.4) is 0 Å². The van der Waals surface area contributed by atoms with E-state index in [1.165, 1.54) is 18.9 Å². The molecule has 0 unspecified atom stereocenters. The highest BCUT2D eigenvalue weighted by molar-refractivity contribution is 8.15. The molecule has 5 nitrogen and oxygen atoms in total. The summed E-state index contributed by atoms with van der Waals surface area (Å²) < 4.78 is 4.93. The number of thioether (sulfide) groups is 1. The molecule has 2 aliphatic heterocycles. The molecule has 132 valence electrons. The Morgan fingerprint density at radius 3 is 2.72 bits per heavy atom. The Labute approximate surface area is 160 Å². The monoisotopic (exact) mass is 398 g/mol. The van der Waals surface area contributed by atoms with Crippen molar-refractivity contribution < 1.29 is 14.3 Å². The third kappa shape index (κ3) is 3.07. The topological polar surface area (TPSA) is 59.0 Å². The molecule has 0 radical (unpaired) electrons. The molecule has 3 rings (SSSR count). The van der Waals surface area contributed by atoms with E-state index in [9.17, 15) is 9.59 Å². The molecule has 1 amide bonds.